The van der Waals surface area contributed by atoms with Gasteiger partial charge < -0.3 is 4.98 Å². The zero-order chi connectivity index (χ0) is 25.1. The predicted molar refractivity (Wildman–Crippen MR) is 144 cm³/mol. The minimum absolute atomic E-state index is 0.0270. The van der Waals surface area contributed by atoms with Crippen LogP contribution in [0.3, 0.4) is 0 Å². The second-order valence-electron chi connectivity index (χ2n) is 11.1. The molecule has 0 radical (unpaired) electrons. The molecule has 0 saturated heterocycles. The molecule has 0 spiro atoms. The van der Waals surface area contributed by atoms with Crippen LogP contribution in [0.1, 0.15) is 119 Å². The fourth-order valence-corrected chi connectivity index (χ4v) is 6.51. The Morgan fingerprint density at radius 2 is 1.78 bits per heavy atom. The van der Waals surface area contributed by atoms with Crippen molar-refractivity contribution >= 4 is 10.9 Å². The van der Waals surface area contributed by atoms with Gasteiger partial charge in [0.05, 0.1) is 17.6 Å². The van der Waals surface area contributed by atoms with Crippen molar-refractivity contribution in [2.75, 3.05) is 0 Å². The van der Waals surface area contributed by atoms with Crippen molar-refractivity contribution in [2.45, 2.75) is 122 Å². The summed E-state index contributed by atoms with van der Waals surface area (Å²) in [6.07, 6.45) is 14.3. The maximum atomic E-state index is 13.4. The molecule has 7 heteroatoms. The lowest BCUT2D eigenvalue weighted by atomic mass is 9.91. The van der Waals surface area contributed by atoms with Gasteiger partial charge in [-0.3, -0.25) is 9.69 Å². The Labute approximate surface area is 214 Å². The average molecular weight is 491 g/mol. The highest BCUT2D eigenvalue weighted by Crippen LogP contribution is 2.36. The van der Waals surface area contributed by atoms with Gasteiger partial charge in [0.25, 0.3) is 5.56 Å². The summed E-state index contributed by atoms with van der Waals surface area (Å²) in [5.74, 6) is 0.998. The first-order valence-corrected chi connectivity index (χ1v) is 14.2. The molecular formula is C29H42N6O. The van der Waals surface area contributed by atoms with Crippen LogP contribution in [0.2, 0.25) is 0 Å². The van der Waals surface area contributed by atoms with E-state index in [4.69, 9.17) is 0 Å². The van der Waals surface area contributed by atoms with Gasteiger partial charge in [-0.2, -0.15) is 0 Å². The van der Waals surface area contributed by atoms with Crippen molar-refractivity contribution in [3.8, 4) is 0 Å². The molecule has 1 aromatic carbocycles. The number of hydrogen-bond acceptors (Lipinski definition) is 5. The number of rotatable bonds is 8. The van der Waals surface area contributed by atoms with Gasteiger partial charge in [0.15, 0.2) is 5.82 Å². The Hall–Kier alpha value is -2.54. The molecule has 1 atom stereocenters. The van der Waals surface area contributed by atoms with Gasteiger partial charge in [-0.05, 0) is 79.0 Å². The maximum Gasteiger partial charge on any atom is 0.252 e. The lowest BCUT2D eigenvalue weighted by Crippen LogP contribution is -2.41. The van der Waals surface area contributed by atoms with Crippen molar-refractivity contribution in [1.82, 2.24) is 30.1 Å². The van der Waals surface area contributed by atoms with Gasteiger partial charge in [0, 0.05) is 18.2 Å². The molecule has 0 aliphatic heterocycles. The highest BCUT2D eigenvalue weighted by molar-refractivity contribution is 5.83. The molecule has 2 fully saturated rings. The van der Waals surface area contributed by atoms with Crippen molar-refractivity contribution in [3.63, 3.8) is 0 Å². The minimum atomic E-state index is 0.0270. The van der Waals surface area contributed by atoms with Gasteiger partial charge in [-0.1, -0.05) is 64.0 Å². The van der Waals surface area contributed by atoms with Crippen molar-refractivity contribution in [1.29, 1.82) is 0 Å². The van der Waals surface area contributed by atoms with E-state index in [0.29, 0.717) is 18.6 Å². The molecule has 2 aliphatic carbocycles. The van der Waals surface area contributed by atoms with E-state index in [9.17, 15) is 4.79 Å². The van der Waals surface area contributed by atoms with E-state index in [1.807, 2.05) is 0 Å². The summed E-state index contributed by atoms with van der Waals surface area (Å²) in [7, 11) is 0. The Balaban J connectivity index is 1.54. The molecule has 0 amide bonds. The average Bonchev–Trinajstić information content (AvgIpc) is 3.40. The van der Waals surface area contributed by atoms with Crippen LogP contribution in [0.15, 0.2) is 23.0 Å². The molecule has 2 saturated carbocycles. The van der Waals surface area contributed by atoms with Crippen LogP contribution in [-0.4, -0.2) is 36.1 Å². The Morgan fingerprint density at radius 3 is 2.50 bits per heavy atom. The maximum absolute atomic E-state index is 13.4. The highest BCUT2D eigenvalue weighted by atomic mass is 16.1. The van der Waals surface area contributed by atoms with E-state index in [1.54, 1.807) is 0 Å². The molecule has 2 aromatic heterocycles. The topological polar surface area (TPSA) is 79.7 Å². The second-order valence-corrected chi connectivity index (χ2v) is 11.1. The molecule has 36 heavy (non-hydrogen) atoms. The van der Waals surface area contributed by atoms with Crippen LogP contribution >= 0.6 is 0 Å². The fraction of sp³-hybridized carbons (Fsp3) is 0.655. The second kappa shape index (κ2) is 11.2. The predicted octanol–water partition coefficient (Wildman–Crippen LogP) is 6.31. The summed E-state index contributed by atoms with van der Waals surface area (Å²) < 4.78 is 2.14. The summed E-state index contributed by atoms with van der Waals surface area (Å²) in [6.45, 7) is 7.06. The van der Waals surface area contributed by atoms with Crippen molar-refractivity contribution in [3.05, 3.63) is 51.1 Å². The molecule has 0 unspecified atom stereocenters. The van der Waals surface area contributed by atoms with E-state index in [-0.39, 0.29) is 11.6 Å². The number of nitrogens with one attached hydrogen (secondary N) is 1. The zero-order valence-electron chi connectivity index (χ0n) is 22.3. The molecular weight excluding hydrogens is 448 g/mol. The van der Waals surface area contributed by atoms with Gasteiger partial charge >= 0.3 is 0 Å². The minimum Gasteiger partial charge on any atom is -0.321 e. The summed E-state index contributed by atoms with van der Waals surface area (Å²) in [4.78, 5) is 19.2. The number of benzene rings is 1. The van der Waals surface area contributed by atoms with E-state index in [2.05, 4.69) is 69.1 Å². The van der Waals surface area contributed by atoms with Gasteiger partial charge in [-0.25, -0.2) is 4.68 Å². The van der Waals surface area contributed by atoms with E-state index in [1.165, 1.54) is 56.9 Å². The summed E-state index contributed by atoms with van der Waals surface area (Å²) in [6, 6.07) is 7.36. The van der Waals surface area contributed by atoms with E-state index >= 15 is 0 Å². The molecule has 7 nitrogen and oxygen atoms in total. The lowest BCUT2D eigenvalue weighted by molar-refractivity contribution is 0.0789. The summed E-state index contributed by atoms with van der Waals surface area (Å²) >= 11 is 0. The quantitative estimate of drug-likeness (QED) is 0.400. The number of pyridine rings is 1. The Kier molecular flexibility index (Phi) is 7.85. The molecule has 194 valence electrons. The molecule has 0 bridgehead atoms. The van der Waals surface area contributed by atoms with Crippen LogP contribution in [0, 0.1) is 13.8 Å². The standard InChI is InChI=1S/C29H42N6O/c1-4-11-26(28-31-32-33-35(28)25-14-9-6-10-15-25)34(24-12-7-5-8-13-24)19-23-18-22-17-16-20(2)21(3)27(22)30-29(23)36/h16-18,24-26H,4-15,19H2,1-3H3,(H,30,36)/t26-/m1/s1. The van der Waals surface area contributed by atoms with Gasteiger partial charge in [0.1, 0.15) is 0 Å². The van der Waals surface area contributed by atoms with Crippen molar-refractivity contribution in [2.24, 2.45) is 0 Å². The summed E-state index contributed by atoms with van der Waals surface area (Å²) in [5.41, 5.74) is 4.18. The number of tetrazole rings is 1. The number of aromatic nitrogens is 5. The zero-order valence-corrected chi connectivity index (χ0v) is 22.3. The first-order chi connectivity index (χ1) is 17.6. The van der Waals surface area contributed by atoms with E-state index in [0.717, 1.165) is 53.5 Å². The van der Waals surface area contributed by atoms with Crippen LogP contribution in [0.4, 0.5) is 0 Å². The molecule has 1 N–H and O–H groups in total. The normalized spacial score (nSPS) is 18.8. The molecule has 2 heterocycles. The monoisotopic (exact) mass is 490 g/mol. The van der Waals surface area contributed by atoms with Gasteiger partial charge in [-0.15, -0.1) is 5.10 Å². The largest absolute Gasteiger partial charge is 0.321 e. The number of aromatic amines is 1. The van der Waals surface area contributed by atoms with E-state index < -0.39 is 0 Å². The first kappa shape index (κ1) is 25.1. The molecule has 5 rings (SSSR count). The number of hydrogen-bond donors (Lipinski definition) is 1. The highest BCUT2D eigenvalue weighted by Gasteiger charge is 2.34. The third-order valence-electron chi connectivity index (χ3n) is 8.72. The van der Waals surface area contributed by atoms with Gasteiger partial charge in [0.2, 0.25) is 0 Å². The third kappa shape index (κ3) is 5.13. The smallest absolute Gasteiger partial charge is 0.252 e. The first-order valence-electron chi connectivity index (χ1n) is 14.2. The number of aryl methyl sites for hydroxylation is 2. The van der Waals surface area contributed by atoms with Crippen LogP contribution in [-0.2, 0) is 6.54 Å². The van der Waals surface area contributed by atoms with Crippen LogP contribution < -0.4 is 5.56 Å². The Bertz CT molecular complexity index is 1220. The lowest BCUT2D eigenvalue weighted by Gasteiger charge is -2.40. The molecule has 3 aromatic rings. The Morgan fingerprint density at radius 1 is 1.06 bits per heavy atom. The molecule has 2 aliphatic rings. The number of fused-ring (bicyclic) bond motifs is 1. The SMILES string of the molecule is CCC[C@H](c1nnnn1C1CCCCC1)N(Cc1cc2ccc(C)c(C)c2[nH]c1=O)C1CCCCC1. The summed E-state index contributed by atoms with van der Waals surface area (Å²) in [5, 5.41) is 14.4. The van der Waals surface area contributed by atoms with Crippen LogP contribution in [0.5, 0.6) is 0 Å². The third-order valence-corrected chi connectivity index (χ3v) is 8.72. The van der Waals surface area contributed by atoms with Crippen molar-refractivity contribution < 1.29 is 0 Å². The number of H-pyrrole nitrogens is 1. The number of nitrogens with zero attached hydrogens (tertiary/aromatic N) is 5. The van der Waals surface area contributed by atoms with Crippen LogP contribution in [0.25, 0.3) is 10.9 Å². The fourth-order valence-electron chi connectivity index (χ4n) is 6.51.